The summed E-state index contributed by atoms with van der Waals surface area (Å²) in [7, 11) is -1.69. The maximum atomic E-state index is 13.4. The summed E-state index contributed by atoms with van der Waals surface area (Å²) in [5.74, 6) is -0.277. The first-order valence-corrected chi connectivity index (χ1v) is 12.9. The Morgan fingerprint density at radius 2 is 1.82 bits per heavy atom. The van der Waals surface area contributed by atoms with Gasteiger partial charge in [0, 0.05) is 50.1 Å². The minimum atomic E-state index is -3.52. The van der Waals surface area contributed by atoms with E-state index in [2.05, 4.69) is 29.1 Å². The van der Waals surface area contributed by atoms with E-state index >= 15 is 0 Å². The van der Waals surface area contributed by atoms with Crippen LogP contribution in [-0.4, -0.2) is 52.2 Å². The lowest BCUT2D eigenvalue weighted by Crippen LogP contribution is -2.57. The molecule has 1 aliphatic carbocycles. The van der Waals surface area contributed by atoms with Crippen molar-refractivity contribution in [3.05, 3.63) is 72.4 Å². The predicted octanol–water partition coefficient (Wildman–Crippen LogP) is 3.86. The summed E-state index contributed by atoms with van der Waals surface area (Å²) in [4.78, 5) is 2.68. The van der Waals surface area contributed by atoms with Crippen LogP contribution in [0.1, 0.15) is 18.4 Å². The number of hydrogen-bond acceptors (Lipinski definition) is 4. The molecule has 1 spiro atoms. The van der Waals surface area contributed by atoms with E-state index in [-0.39, 0.29) is 11.4 Å². The SMILES string of the molecule is Cc1cc2c(cnn2-c2ccc(F)cc2)cc1N1CCN(S(=O)(=O)c2ccn(C)c2)C2(CC2)C1. The maximum Gasteiger partial charge on any atom is 0.245 e. The number of benzene rings is 2. The van der Waals surface area contributed by atoms with E-state index in [0.29, 0.717) is 24.5 Å². The Balaban J connectivity index is 1.31. The molecule has 3 heterocycles. The molecule has 0 unspecified atom stereocenters. The van der Waals surface area contributed by atoms with Gasteiger partial charge in [-0.25, -0.2) is 17.5 Å². The molecule has 2 aromatic heterocycles. The Hall–Kier alpha value is -3.17. The quantitative estimate of drug-likeness (QED) is 0.446. The van der Waals surface area contributed by atoms with Crippen molar-refractivity contribution in [1.82, 2.24) is 18.7 Å². The van der Waals surface area contributed by atoms with Gasteiger partial charge in [-0.05, 0) is 67.8 Å². The third-order valence-corrected chi connectivity index (χ3v) is 9.09. The fraction of sp³-hybridized carbons (Fsp3) is 0.320. The number of piperazine rings is 1. The van der Waals surface area contributed by atoms with Crippen LogP contribution >= 0.6 is 0 Å². The largest absolute Gasteiger partial charge is 0.368 e. The van der Waals surface area contributed by atoms with Gasteiger partial charge in [-0.3, -0.25) is 0 Å². The molecule has 0 atom stereocenters. The highest BCUT2D eigenvalue weighted by Gasteiger charge is 2.56. The minimum Gasteiger partial charge on any atom is -0.368 e. The van der Waals surface area contributed by atoms with Crippen LogP contribution in [0.4, 0.5) is 10.1 Å². The molecule has 34 heavy (non-hydrogen) atoms. The van der Waals surface area contributed by atoms with Crippen molar-refractivity contribution >= 4 is 26.6 Å². The number of halogens is 1. The van der Waals surface area contributed by atoms with Crippen LogP contribution in [0.25, 0.3) is 16.6 Å². The van der Waals surface area contributed by atoms with Crippen LogP contribution in [0.5, 0.6) is 0 Å². The molecule has 9 heteroatoms. The van der Waals surface area contributed by atoms with Gasteiger partial charge in [0.15, 0.2) is 0 Å². The van der Waals surface area contributed by atoms with Crippen molar-refractivity contribution in [2.24, 2.45) is 7.05 Å². The molecule has 7 nitrogen and oxygen atoms in total. The number of hydrogen-bond donors (Lipinski definition) is 0. The first-order chi connectivity index (χ1) is 16.3. The van der Waals surface area contributed by atoms with Crippen molar-refractivity contribution < 1.29 is 12.8 Å². The number of sulfonamides is 1. The Kier molecular flexibility index (Phi) is 4.66. The van der Waals surface area contributed by atoms with E-state index in [0.717, 1.165) is 40.7 Å². The van der Waals surface area contributed by atoms with Gasteiger partial charge in [-0.15, -0.1) is 0 Å². The highest BCUT2D eigenvalue weighted by atomic mass is 32.2. The standard InChI is InChI=1S/C25H26FN5O2S/c1-18-13-24-19(15-27-31(24)21-5-3-20(26)4-6-21)14-23(18)29-11-12-30(25(17-29)8-9-25)34(32,33)22-7-10-28(2)16-22/h3-7,10,13-16H,8-9,11-12,17H2,1-2H3. The van der Waals surface area contributed by atoms with Crippen LogP contribution in [-0.2, 0) is 17.1 Å². The second-order valence-corrected chi connectivity index (χ2v) is 11.3. The van der Waals surface area contributed by atoms with Crippen LogP contribution in [0.3, 0.4) is 0 Å². The molecule has 0 amide bonds. The minimum absolute atomic E-state index is 0.277. The molecule has 176 valence electrons. The molecule has 0 N–H and O–H groups in total. The summed E-state index contributed by atoms with van der Waals surface area (Å²) in [5.41, 5.74) is 3.63. The van der Waals surface area contributed by atoms with Crippen molar-refractivity contribution in [2.75, 3.05) is 24.5 Å². The van der Waals surface area contributed by atoms with Gasteiger partial charge in [-0.1, -0.05) is 0 Å². The van der Waals surface area contributed by atoms with Crippen molar-refractivity contribution in [2.45, 2.75) is 30.2 Å². The summed E-state index contributed by atoms with van der Waals surface area (Å²) >= 11 is 0. The van der Waals surface area contributed by atoms with E-state index in [9.17, 15) is 12.8 Å². The summed E-state index contributed by atoms with van der Waals surface area (Å²) in [6.45, 7) is 3.84. The van der Waals surface area contributed by atoms with Crippen molar-refractivity contribution in [3.63, 3.8) is 0 Å². The molecule has 0 radical (unpaired) electrons. The number of aromatic nitrogens is 3. The number of nitrogens with zero attached hydrogens (tertiary/aromatic N) is 5. The topological polar surface area (TPSA) is 63.4 Å². The van der Waals surface area contributed by atoms with E-state index in [4.69, 9.17) is 0 Å². The third-order valence-electron chi connectivity index (χ3n) is 7.10. The molecule has 1 saturated carbocycles. The monoisotopic (exact) mass is 479 g/mol. The fourth-order valence-electron chi connectivity index (χ4n) is 5.15. The molecular formula is C25H26FN5O2S. The molecule has 2 aromatic carbocycles. The van der Waals surface area contributed by atoms with Crippen LogP contribution in [0, 0.1) is 12.7 Å². The smallest absolute Gasteiger partial charge is 0.245 e. The third kappa shape index (κ3) is 3.33. The fourth-order valence-corrected chi connectivity index (χ4v) is 7.01. The summed E-state index contributed by atoms with van der Waals surface area (Å²) in [6, 6.07) is 12.2. The Morgan fingerprint density at radius 3 is 2.50 bits per heavy atom. The lowest BCUT2D eigenvalue weighted by molar-refractivity contribution is 0.271. The highest BCUT2D eigenvalue weighted by Crippen LogP contribution is 2.48. The first kappa shape index (κ1) is 21.4. The van der Waals surface area contributed by atoms with Crippen LogP contribution in [0.2, 0.25) is 0 Å². The van der Waals surface area contributed by atoms with Crippen molar-refractivity contribution in [3.8, 4) is 5.69 Å². The normalized spacial score (nSPS) is 18.1. The van der Waals surface area contributed by atoms with E-state index in [1.165, 1.54) is 12.1 Å². The second-order valence-electron chi connectivity index (χ2n) is 9.47. The molecule has 0 bridgehead atoms. The summed E-state index contributed by atoms with van der Waals surface area (Å²) in [6.07, 6.45) is 7.02. The van der Waals surface area contributed by atoms with Gasteiger partial charge in [-0.2, -0.15) is 9.40 Å². The number of fused-ring (bicyclic) bond motifs is 1. The Labute approximate surface area is 198 Å². The molecule has 1 saturated heterocycles. The van der Waals surface area contributed by atoms with Crippen LogP contribution < -0.4 is 4.90 Å². The summed E-state index contributed by atoms with van der Waals surface area (Å²) in [5, 5.41) is 5.52. The van der Waals surface area contributed by atoms with Gasteiger partial charge >= 0.3 is 0 Å². The zero-order chi connectivity index (χ0) is 23.7. The van der Waals surface area contributed by atoms with Crippen LogP contribution in [0.15, 0.2) is 66.0 Å². The molecule has 1 aliphatic heterocycles. The lowest BCUT2D eigenvalue weighted by Gasteiger charge is -2.42. The number of rotatable bonds is 4. The zero-order valence-electron chi connectivity index (χ0n) is 19.1. The van der Waals surface area contributed by atoms with Gasteiger partial charge in [0.25, 0.3) is 0 Å². The van der Waals surface area contributed by atoms with Gasteiger partial charge in [0.2, 0.25) is 10.0 Å². The maximum absolute atomic E-state index is 13.4. The average molecular weight is 480 g/mol. The lowest BCUT2D eigenvalue weighted by atomic mass is 10.1. The predicted molar refractivity (Wildman–Crippen MR) is 129 cm³/mol. The molecule has 2 aliphatic rings. The highest BCUT2D eigenvalue weighted by molar-refractivity contribution is 7.89. The van der Waals surface area contributed by atoms with Gasteiger partial charge in [0.05, 0.1) is 27.8 Å². The van der Waals surface area contributed by atoms with E-state index in [1.54, 1.807) is 39.5 Å². The number of aryl methyl sites for hydroxylation is 2. The molecule has 6 rings (SSSR count). The average Bonchev–Trinajstić information content (AvgIpc) is 3.22. The van der Waals surface area contributed by atoms with Gasteiger partial charge < -0.3 is 9.47 Å². The molecular weight excluding hydrogens is 453 g/mol. The van der Waals surface area contributed by atoms with Gasteiger partial charge in [0.1, 0.15) is 5.82 Å². The molecule has 4 aromatic rings. The number of anilines is 1. The van der Waals surface area contributed by atoms with Crippen molar-refractivity contribution in [1.29, 1.82) is 0 Å². The first-order valence-electron chi connectivity index (χ1n) is 11.4. The molecule has 2 fully saturated rings. The zero-order valence-corrected chi connectivity index (χ0v) is 20.0. The van der Waals surface area contributed by atoms with E-state index in [1.807, 2.05) is 17.9 Å². The summed E-state index contributed by atoms with van der Waals surface area (Å²) < 4.78 is 45.4. The Bertz CT molecular complexity index is 1500. The van der Waals surface area contributed by atoms with E-state index < -0.39 is 10.0 Å². The second kappa shape index (κ2) is 7.41. The Morgan fingerprint density at radius 1 is 1.06 bits per heavy atom.